The van der Waals surface area contributed by atoms with E-state index in [1.165, 1.54) is 4.31 Å². The van der Waals surface area contributed by atoms with Crippen molar-refractivity contribution in [2.24, 2.45) is 34.5 Å². The van der Waals surface area contributed by atoms with E-state index in [2.05, 4.69) is 35.1 Å². The second-order valence-corrected chi connectivity index (χ2v) is 21.2. The molecule has 0 unspecified atom stereocenters. The number of sulfonamides is 1. The molecule has 0 bridgehead atoms. The zero-order chi connectivity index (χ0) is 38.7. The quantitative estimate of drug-likeness (QED) is 0.174. The molecule has 1 aliphatic heterocycles. The maximum atomic E-state index is 14.6. The summed E-state index contributed by atoms with van der Waals surface area (Å²) in [6.45, 7) is 12.0. The van der Waals surface area contributed by atoms with Gasteiger partial charge in [0.15, 0.2) is 0 Å². The number of likely N-dealkylation sites (tertiary alicyclic amines) is 1. The van der Waals surface area contributed by atoms with Crippen molar-refractivity contribution in [2.75, 3.05) is 19.3 Å². The van der Waals surface area contributed by atoms with Crippen LogP contribution in [0.1, 0.15) is 125 Å². The van der Waals surface area contributed by atoms with Gasteiger partial charge in [-0.15, -0.1) is 0 Å². The van der Waals surface area contributed by atoms with Gasteiger partial charge in [-0.05, 0) is 92.8 Å². The number of carbonyl (C=O) groups is 5. The third-order valence-corrected chi connectivity index (χ3v) is 15.6. The zero-order valence-corrected chi connectivity index (χ0v) is 33.8. The molecule has 53 heavy (non-hydrogen) atoms. The average molecular weight is 761 g/mol. The third-order valence-electron chi connectivity index (χ3n) is 13.4. The smallest absolute Gasteiger partial charge is 0.315 e. The zero-order valence-electron chi connectivity index (χ0n) is 33.0. The molecule has 6 fully saturated rings. The molecule has 5 aliphatic carbocycles. The van der Waals surface area contributed by atoms with Crippen LogP contribution >= 0.6 is 0 Å². The molecular formula is C39H64N6O7S. The van der Waals surface area contributed by atoms with E-state index >= 15 is 0 Å². The molecular weight excluding hydrogens is 697 g/mol. The topological polar surface area (TPSA) is 174 Å². The van der Waals surface area contributed by atoms with Crippen LogP contribution in [0.25, 0.3) is 0 Å². The standard InChI is InChI=1S/C39H64N6O7S/c1-23(25-14-15-25)44(7)53(51,52)22-39(19-9-8-10-20-39)43-36(50)42-32(37(2,3)4)35(49)45-21-27-29(38(27,5)6)30(45)33(47)41-28(18-13-24-11-12-24)31(46)34(48)40-26-16-17-26/h23-30,32H,8-22H2,1-7H3,(H,40,48)(H,41,47)(H2,42,43,50)/t23-,27+,28+,29+,30+,32-/m1/s1. The lowest BCUT2D eigenvalue weighted by Crippen LogP contribution is -2.64. The van der Waals surface area contributed by atoms with Gasteiger partial charge >= 0.3 is 6.03 Å². The molecule has 0 spiro atoms. The van der Waals surface area contributed by atoms with Crippen molar-refractivity contribution in [2.45, 2.75) is 161 Å². The SMILES string of the molecule is C[C@H](C1CC1)N(C)S(=O)(=O)CC1(NC(=O)N[C@H](C(=O)N2C[C@H]3[C@@H]([C@H]2C(=O)N[C@@H](CCC2CC2)C(=O)C(=O)NC2CC2)C3(C)C)C(C)(C)C)CCCCC1. The van der Waals surface area contributed by atoms with Crippen molar-refractivity contribution >= 4 is 39.6 Å². The molecule has 5 saturated carbocycles. The molecule has 4 N–H and O–H groups in total. The number of Topliss-reactive ketones (excluding diaryl/α,β-unsaturated/α-hetero) is 1. The number of nitrogens with one attached hydrogen (secondary N) is 4. The first-order chi connectivity index (χ1) is 24.7. The van der Waals surface area contributed by atoms with E-state index in [1.807, 2.05) is 27.7 Å². The highest BCUT2D eigenvalue weighted by Crippen LogP contribution is 2.65. The lowest BCUT2D eigenvalue weighted by atomic mass is 9.83. The van der Waals surface area contributed by atoms with Crippen LogP contribution < -0.4 is 21.3 Å². The van der Waals surface area contributed by atoms with Crippen molar-refractivity contribution in [3.63, 3.8) is 0 Å². The monoisotopic (exact) mass is 760 g/mol. The second-order valence-electron chi connectivity index (χ2n) is 19.2. The van der Waals surface area contributed by atoms with Crippen molar-refractivity contribution < 1.29 is 32.4 Å². The van der Waals surface area contributed by atoms with Crippen LogP contribution in [0.5, 0.6) is 0 Å². The van der Waals surface area contributed by atoms with Crippen LogP contribution in [0.2, 0.25) is 0 Å². The lowest BCUT2D eigenvalue weighted by Gasteiger charge is -2.41. The van der Waals surface area contributed by atoms with Gasteiger partial charge < -0.3 is 26.2 Å². The first-order valence-corrected chi connectivity index (χ1v) is 21.8. The van der Waals surface area contributed by atoms with E-state index in [0.717, 1.165) is 64.2 Å². The summed E-state index contributed by atoms with van der Waals surface area (Å²) in [4.78, 5) is 70.5. The highest BCUT2D eigenvalue weighted by Gasteiger charge is 2.70. The van der Waals surface area contributed by atoms with E-state index in [4.69, 9.17) is 0 Å². The Morgan fingerprint density at radius 3 is 2.13 bits per heavy atom. The van der Waals surface area contributed by atoms with Gasteiger partial charge in [-0.1, -0.05) is 66.7 Å². The van der Waals surface area contributed by atoms with Gasteiger partial charge in [0.05, 0.1) is 17.3 Å². The summed E-state index contributed by atoms with van der Waals surface area (Å²) in [5, 5.41) is 11.7. The fourth-order valence-corrected chi connectivity index (χ4v) is 11.1. The van der Waals surface area contributed by atoms with Crippen LogP contribution in [0, 0.1) is 34.5 Å². The molecule has 6 rings (SSSR count). The number of hydrogen-bond donors (Lipinski definition) is 4. The summed E-state index contributed by atoms with van der Waals surface area (Å²) in [7, 11) is -2.06. The van der Waals surface area contributed by atoms with Gasteiger partial charge in [-0.3, -0.25) is 19.2 Å². The number of hydrogen-bond acceptors (Lipinski definition) is 7. The summed E-state index contributed by atoms with van der Waals surface area (Å²) in [5.41, 5.74) is -1.92. The van der Waals surface area contributed by atoms with Crippen LogP contribution in [-0.4, -0.2) is 102 Å². The number of urea groups is 1. The van der Waals surface area contributed by atoms with Crippen molar-refractivity contribution in [3.05, 3.63) is 0 Å². The number of rotatable bonds is 16. The number of carbonyl (C=O) groups excluding carboxylic acids is 5. The molecule has 13 nitrogen and oxygen atoms in total. The maximum absolute atomic E-state index is 14.6. The number of nitrogens with zero attached hydrogens (tertiary/aromatic N) is 2. The Morgan fingerprint density at radius 1 is 0.925 bits per heavy atom. The molecule has 0 radical (unpaired) electrons. The molecule has 14 heteroatoms. The molecule has 1 saturated heterocycles. The van der Waals surface area contributed by atoms with E-state index in [0.29, 0.717) is 37.6 Å². The maximum Gasteiger partial charge on any atom is 0.315 e. The Bertz CT molecular complexity index is 1560. The molecule has 0 aromatic rings. The highest BCUT2D eigenvalue weighted by atomic mass is 32.2. The Labute approximate surface area is 316 Å². The Morgan fingerprint density at radius 2 is 1.57 bits per heavy atom. The van der Waals surface area contributed by atoms with Crippen molar-refractivity contribution in [3.8, 4) is 0 Å². The largest absolute Gasteiger partial charge is 0.347 e. The number of piperidine rings is 1. The van der Waals surface area contributed by atoms with Crippen LogP contribution in [0.3, 0.4) is 0 Å². The van der Waals surface area contributed by atoms with Crippen LogP contribution in [-0.2, 0) is 29.2 Å². The van der Waals surface area contributed by atoms with Gasteiger partial charge in [-0.2, -0.15) is 0 Å². The Balaban J connectivity index is 1.17. The summed E-state index contributed by atoms with van der Waals surface area (Å²) in [6.07, 6.45) is 10.5. The first kappa shape index (κ1) is 39.9. The molecule has 6 atom stereocenters. The Hall–Kier alpha value is -2.74. The summed E-state index contributed by atoms with van der Waals surface area (Å²) >= 11 is 0. The van der Waals surface area contributed by atoms with E-state index < -0.39 is 68.6 Å². The Kier molecular flexibility index (Phi) is 11.1. The molecule has 0 aromatic heterocycles. The first-order valence-electron chi connectivity index (χ1n) is 20.2. The summed E-state index contributed by atoms with van der Waals surface area (Å²) in [5.74, 6) is -1.58. The molecule has 5 amide bonds. The van der Waals surface area contributed by atoms with Gasteiger partial charge in [0, 0.05) is 25.7 Å². The minimum absolute atomic E-state index is 0.0102. The normalized spacial score (nSPS) is 27.9. The van der Waals surface area contributed by atoms with Crippen molar-refractivity contribution in [1.82, 2.24) is 30.5 Å². The number of fused-ring (bicyclic) bond motifs is 1. The number of amides is 5. The van der Waals surface area contributed by atoms with E-state index in [-0.39, 0.29) is 35.1 Å². The predicted octanol–water partition coefficient (Wildman–Crippen LogP) is 3.47. The minimum Gasteiger partial charge on any atom is -0.347 e. The fraction of sp³-hybridized carbons (Fsp3) is 0.872. The summed E-state index contributed by atoms with van der Waals surface area (Å²) in [6, 6.07) is -3.56. The molecule has 6 aliphatic rings. The van der Waals surface area contributed by atoms with Gasteiger partial charge in [0.1, 0.15) is 12.1 Å². The summed E-state index contributed by atoms with van der Waals surface area (Å²) < 4.78 is 28.9. The van der Waals surface area contributed by atoms with Gasteiger partial charge in [0.2, 0.25) is 27.6 Å². The molecule has 0 aromatic carbocycles. The van der Waals surface area contributed by atoms with Crippen LogP contribution in [0.15, 0.2) is 0 Å². The molecule has 298 valence electrons. The van der Waals surface area contributed by atoms with E-state index in [1.54, 1.807) is 11.9 Å². The number of ketones is 1. The predicted molar refractivity (Wildman–Crippen MR) is 201 cm³/mol. The van der Waals surface area contributed by atoms with Gasteiger partial charge in [-0.25, -0.2) is 17.5 Å². The fourth-order valence-electron chi connectivity index (χ4n) is 9.13. The second kappa shape index (κ2) is 14.7. The van der Waals surface area contributed by atoms with Crippen LogP contribution in [0.4, 0.5) is 4.79 Å². The van der Waals surface area contributed by atoms with Crippen molar-refractivity contribution in [1.29, 1.82) is 0 Å². The highest BCUT2D eigenvalue weighted by molar-refractivity contribution is 7.89. The van der Waals surface area contributed by atoms with E-state index in [9.17, 15) is 32.4 Å². The molecule has 1 heterocycles. The average Bonchev–Trinajstić information content (AvgIpc) is 3.88. The van der Waals surface area contributed by atoms with Gasteiger partial charge in [0.25, 0.3) is 5.91 Å². The third kappa shape index (κ3) is 9.05. The lowest BCUT2D eigenvalue weighted by molar-refractivity contribution is -0.145. The minimum atomic E-state index is -3.69.